The van der Waals surface area contributed by atoms with Crippen LogP contribution in [0.1, 0.15) is 52.4 Å². The van der Waals surface area contributed by atoms with Gasteiger partial charge in [0, 0.05) is 5.57 Å². The molecule has 0 bridgehead atoms. The Kier molecular flexibility index (Phi) is 6.76. The second-order valence-electron chi connectivity index (χ2n) is 5.81. The first-order chi connectivity index (χ1) is 9.51. The van der Waals surface area contributed by atoms with Crippen LogP contribution in [0.2, 0.25) is 0 Å². The van der Waals surface area contributed by atoms with Crippen molar-refractivity contribution in [3.05, 3.63) is 11.1 Å². The third-order valence-corrected chi connectivity index (χ3v) is 3.79. The number of ether oxygens (including phenoxy) is 2. The molecule has 4 nitrogen and oxygen atoms in total. The molecule has 1 rings (SSSR count). The van der Waals surface area contributed by atoms with Crippen molar-refractivity contribution in [3.8, 4) is 0 Å². The molecule has 0 unspecified atom stereocenters. The van der Waals surface area contributed by atoms with Gasteiger partial charge in [0.25, 0.3) is 0 Å². The zero-order chi connectivity index (χ0) is 15.1. The van der Waals surface area contributed by atoms with E-state index in [2.05, 4.69) is 0 Å². The number of carbonyl (C=O) groups is 2. The molecule has 20 heavy (non-hydrogen) atoms. The normalized spacial score (nSPS) is 17.6. The van der Waals surface area contributed by atoms with E-state index >= 15 is 0 Å². The summed E-state index contributed by atoms with van der Waals surface area (Å²) in [5.41, 5.74) is 1.05. The van der Waals surface area contributed by atoms with Gasteiger partial charge < -0.3 is 9.47 Å². The summed E-state index contributed by atoms with van der Waals surface area (Å²) in [6, 6.07) is 0. The van der Waals surface area contributed by atoms with E-state index in [-0.39, 0.29) is 17.8 Å². The van der Waals surface area contributed by atoms with Gasteiger partial charge in [-0.1, -0.05) is 33.1 Å². The summed E-state index contributed by atoms with van der Waals surface area (Å²) in [5, 5.41) is 0. The molecule has 114 valence electrons. The second-order valence-corrected chi connectivity index (χ2v) is 5.81. The smallest absolute Gasteiger partial charge is 0.334 e. The van der Waals surface area contributed by atoms with Crippen molar-refractivity contribution in [3.63, 3.8) is 0 Å². The van der Waals surface area contributed by atoms with Crippen LogP contribution in [0.15, 0.2) is 11.1 Å². The Morgan fingerprint density at radius 2 is 1.55 bits per heavy atom. The molecule has 0 N–H and O–H groups in total. The van der Waals surface area contributed by atoms with E-state index in [1.807, 2.05) is 13.8 Å². The van der Waals surface area contributed by atoms with Gasteiger partial charge in [0.05, 0.1) is 19.8 Å². The Labute approximate surface area is 121 Å². The van der Waals surface area contributed by atoms with Crippen molar-refractivity contribution >= 4 is 11.9 Å². The Bertz CT molecular complexity index is 376. The van der Waals surface area contributed by atoms with Crippen molar-refractivity contribution in [2.75, 3.05) is 14.2 Å². The van der Waals surface area contributed by atoms with Gasteiger partial charge in [-0.2, -0.15) is 0 Å². The Hall–Kier alpha value is -1.32. The van der Waals surface area contributed by atoms with Crippen LogP contribution in [0.4, 0.5) is 0 Å². The highest BCUT2D eigenvalue weighted by atomic mass is 16.5. The maximum Gasteiger partial charge on any atom is 0.334 e. The molecule has 0 aromatic carbocycles. The number of rotatable bonds is 5. The van der Waals surface area contributed by atoms with Crippen LogP contribution in [0.5, 0.6) is 0 Å². The van der Waals surface area contributed by atoms with Crippen molar-refractivity contribution in [2.45, 2.75) is 52.4 Å². The van der Waals surface area contributed by atoms with Crippen molar-refractivity contribution in [2.24, 2.45) is 11.8 Å². The number of carbonyl (C=O) groups excluding carboxylic acids is 2. The topological polar surface area (TPSA) is 52.6 Å². The van der Waals surface area contributed by atoms with Crippen molar-refractivity contribution in [1.82, 2.24) is 0 Å². The molecule has 0 aromatic rings. The van der Waals surface area contributed by atoms with E-state index in [9.17, 15) is 9.59 Å². The Balaban J connectivity index is 3.20. The third-order valence-electron chi connectivity index (χ3n) is 3.79. The minimum atomic E-state index is -0.398. The second kappa shape index (κ2) is 8.08. The fourth-order valence-corrected chi connectivity index (χ4v) is 2.87. The maximum absolute atomic E-state index is 12.2. The first-order valence-electron chi connectivity index (χ1n) is 7.40. The highest BCUT2D eigenvalue weighted by Crippen LogP contribution is 2.34. The van der Waals surface area contributed by atoms with Crippen LogP contribution in [-0.2, 0) is 19.1 Å². The zero-order valence-corrected chi connectivity index (χ0v) is 13.0. The van der Waals surface area contributed by atoms with E-state index in [0.717, 1.165) is 25.7 Å². The summed E-state index contributed by atoms with van der Waals surface area (Å²) in [4.78, 5) is 24.2. The molecular weight excluding hydrogens is 256 g/mol. The van der Waals surface area contributed by atoms with Crippen LogP contribution >= 0.6 is 0 Å². The summed E-state index contributed by atoms with van der Waals surface area (Å²) in [7, 11) is 2.73. The van der Waals surface area contributed by atoms with E-state index in [1.54, 1.807) is 0 Å². The molecule has 4 heteroatoms. The lowest BCUT2D eigenvalue weighted by atomic mass is 9.80. The van der Waals surface area contributed by atoms with Crippen LogP contribution in [0, 0.1) is 11.8 Å². The summed E-state index contributed by atoms with van der Waals surface area (Å²) < 4.78 is 9.79. The molecule has 0 aromatic heterocycles. The summed E-state index contributed by atoms with van der Waals surface area (Å²) >= 11 is 0. The number of hydrogen-bond acceptors (Lipinski definition) is 4. The Morgan fingerprint density at radius 1 is 1.00 bits per heavy atom. The lowest BCUT2D eigenvalue weighted by Gasteiger charge is -2.25. The highest BCUT2D eigenvalue weighted by molar-refractivity contribution is 6.00. The molecule has 1 aliphatic carbocycles. The van der Waals surface area contributed by atoms with Gasteiger partial charge in [-0.05, 0) is 31.1 Å². The fourth-order valence-electron chi connectivity index (χ4n) is 2.87. The number of methoxy groups -OCH3 is 2. The van der Waals surface area contributed by atoms with Crippen molar-refractivity contribution in [1.29, 1.82) is 0 Å². The van der Waals surface area contributed by atoms with E-state index in [1.165, 1.54) is 20.6 Å². The maximum atomic E-state index is 12.2. The third kappa shape index (κ3) is 4.36. The monoisotopic (exact) mass is 282 g/mol. The van der Waals surface area contributed by atoms with Gasteiger partial charge in [0.15, 0.2) is 0 Å². The van der Waals surface area contributed by atoms with E-state index in [4.69, 9.17) is 9.47 Å². The van der Waals surface area contributed by atoms with Crippen LogP contribution in [0.3, 0.4) is 0 Å². The van der Waals surface area contributed by atoms with Gasteiger partial charge in [-0.25, -0.2) is 9.59 Å². The predicted octanol–water partition coefficient (Wildman–Crippen LogP) is 3.26. The highest BCUT2D eigenvalue weighted by Gasteiger charge is 2.30. The molecule has 1 saturated carbocycles. The molecule has 0 radical (unpaired) electrons. The largest absolute Gasteiger partial charge is 0.466 e. The first kappa shape index (κ1) is 16.7. The quantitative estimate of drug-likeness (QED) is 0.573. The molecular formula is C16H26O4. The van der Waals surface area contributed by atoms with Crippen LogP contribution < -0.4 is 0 Å². The number of esters is 2. The zero-order valence-electron chi connectivity index (χ0n) is 13.0. The van der Waals surface area contributed by atoms with Gasteiger partial charge in [-0.3, -0.25) is 0 Å². The predicted molar refractivity (Wildman–Crippen MR) is 77.1 cm³/mol. The van der Waals surface area contributed by atoms with Crippen LogP contribution in [0.25, 0.3) is 0 Å². The molecule has 0 atom stereocenters. The average molecular weight is 282 g/mol. The molecule has 0 saturated heterocycles. The number of hydrogen-bond donors (Lipinski definition) is 0. The lowest BCUT2D eigenvalue weighted by Crippen LogP contribution is -2.23. The standard InChI is InChI=1S/C16H26O4/c1-11(2)10-13(15(17)19-3)14(16(18)20-4)12-8-6-5-7-9-12/h11-12H,5-10H2,1-4H3. The fraction of sp³-hybridized carbons (Fsp3) is 0.750. The summed E-state index contributed by atoms with van der Waals surface area (Å²) in [5.74, 6) is -0.362. The van der Waals surface area contributed by atoms with Gasteiger partial charge >= 0.3 is 11.9 Å². The Morgan fingerprint density at radius 3 is 2.00 bits per heavy atom. The molecule has 0 heterocycles. The van der Waals surface area contributed by atoms with Crippen LogP contribution in [-0.4, -0.2) is 26.2 Å². The molecule has 0 amide bonds. The molecule has 1 aliphatic rings. The van der Waals surface area contributed by atoms with Crippen molar-refractivity contribution < 1.29 is 19.1 Å². The van der Waals surface area contributed by atoms with Gasteiger partial charge in [0.2, 0.25) is 0 Å². The molecule has 0 aliphatic heterocycles. The summed E-state index contributed by atoms with van der Waals surface area (Å²) in [6.45, 7) is 4.05. The van der Waals surface area contributed by atoms with E-state index < -0.39 is 5.97 Å². The SMILES string of the molecule is COC(=O)C(CC(C)C)=C(C(=O)OC)C1CCCCC1. The van der Waals surface area contributed by atoms with E-state index in [0.29, 0.717) is 17.6 Å². The van der Waals surface area contributed by atoms with Gasteiger partial charge in [-0.15, -0.1) is 0 Å². The first-order valence-corrected chi connectivity index (χ1v) is 7.40. The van der Waals surface area contributed by atoms with Gasteiger partial charge in [0.1, 0.15) is 0 Å². The molecule has 0 spiro atoms. The average Bonchev–Trinajstić information content (AvgIpc) is 2.46. The minimum absolute atomic E-state index is 0.129. The molecule has 1 fully saturated rings. The lowest BCUT2D eigenvalue weighted by molar-refractivity contribution is -0.140. The minimum Gasteiger partial charge on any atom is -0.466 e. The summed E-state index contributed by atoms with van der Waals surface area (Å²) in [6.07, 6.45) is 5.84.